The van der Waals surface area contributed by atoms with Crippen LogP contribution in [0.5, 0.6) is 0 Å². The highest BCUT2D eigenvalue weighted by molar-refractivity contribution is 5.10. The van der Waals surface area contributed by atoms with Crippen molar-refractivity contribution in [1.82, 2.24) is 5.32 Å². The molecule has 0 aromatic carbocycles. The highest BCUT2D eigenvalue weighted by Gasteiger charge is 2.29. The minimum absolute atomic E-state index is 0.280. The molecule has 0 saturated carbocycles. The summed E-state index contributed by atoms with van der Waals surface area (Å²) >= 11 is 0. The third-order valence-corrected chi connectivity index (χ3v) is 3.24. The summed E-state index contributed by atoms with van der Waals surface area (Å²) in [5.74, 6) is 1.11. The first-order chi connectivity index (χ1) is 7.92. The number of hydrogen-bond acceptors (Lipinski definition) is 3. The van der Waals surface area contributed by atoms with Gasteiger partial charge < -0.3 is 14.8 Å². The van der Waals surface area contributed by atoms with E-state index >= 15 is 0 Å². The first-order valence-corrected chi connectivity index (χ1v) is 6.59. The molecule has 0 radical (unpaired) electrons. The minimum Gasteiger partial charge on any atom is -0.496 e. The third kappa shape index (κ3) is 2.98. The SMILES string of the molecule is CCCNC(C1=CCCO1)C1CCCCO1. The van der Waals surface area contributed by atoms with Crippen LogP contribution in [0.25, 0.3) is 0 Å². The van der Waals surface area contributed by atoms with Crippen molar-refractivity contribution >= 4 is 0 Å². The van der Waals surface area contributed by atoms with Gasteiger partial charge in [-0.2, -0.15) is 0 Å². The quantitative estimate of drug-likeness (QED) is 0.778. The van der Waals surface area contributed by atoms with Gasteiger partial charge in [-0.1, -0.05) is 6.92 Å². The van der Waals surface area contributed by atoms with Gasteiger partial charge in [-0.25, -0.2) is 0 Å². The Hall–Kier alpha value is -0.540. The smallest absolute Gasteiger partial charge is 0.112 e. The summed E-state index contributed by atoms with van der Waals surface area (Å²) in [6.45, 7) is 4.97. The van der Waals surface area contributed by atoms with Crippen molar-refractivity contribution in [2.45, 2.75) is 51.2 Å². The van der Waals surface area contributed by atoms with E-state index < -0.39 is 0 Å². The van der Waals surface area contributed by atoms with E-state index in [0.29, 0.717) is 6.10 Å². The zero-order valence-corrected chi connectivity index (χ0v) is 10.2. The lowest BCUT2D eigenvalue weighted by atomic mass is 10.00. The van der Waals surface area contributed by atoms with Crippen LogP contribution in [0.3, 0.4) is 0 Å². The lowest BCUT2D eigenvalue weighted by Crippen LogP contribution is -2.44. The Morgan fingerprint density at radius 3 is 3.00 bits per heavy atom. The van der Waals surface area contributed by atoms with Crippen LogP contribution in [-0.4, -0.2) is 31.9 Å². The average molecular weight is 225 g/mol. The van der Waals surface area contributed by atoms with Crippen LogP contribution in [0.15, 0.2) is 11.8 Å². The highest BCUT2D eigenvalue weighted by Crippen LogP contribution is 2.23. The van der Waals surface area contributed by atoms with Crippen LogP contribution in [0, 0.1) is 0 Å². The van der Waals surface area contributed by atoms with Gasteiger partial charge in [-0.15, -0.1) is 0 Å². The number of ether oxygens (including phenoxy) is 2. The standard InChI is InChI=1S/C13H23NO2/c1-2-8-14-13(12-7-5-10-16-12)11-6-3-4-9-15-11/h7,11,13-14H,2-6,8-10H2,1H3. The Bertz CT molecular complexity index is 234. The molecule has 2 aliphatic rings. The maximum Gasteiger partial charge on any atom is 0.112 e. The topological polar surface area (TPSA) is 30.5 Å². The molecule has 0 amide bonds. The molecule has 3 nitrogen and oxygen atoms in total. The largest absolute Gasteiger partial charge is 0.496 e. The van der Waals surface area contributed by atoms with Crippen molar-refractivity contribution in [2.24, 2.45) is 0 Å². The summed E-state index contributed by atoms with van der Waals surface area (Å²) in [5.41, 5.74) is 0. The van der Waals surface area contributed by atoms with Gasteiger partial charge in [0.1, 0.15) is 5.76 Å². The van der Waals surface area contributed by atoms with Gasteiger partial charge in [0.25, 0.3) is 0 Å². The molecule has 3 heteroatoms. The average Bonchev–Trinajstić information content (AvgIpc) is 2.85. The second-order valence-corrected chi connectivity index (χ2v) is 4.58. The number of hydrogen-bond donors (Lipinski definition) is 1. The highest BCUT2D eigenvalue weighted by atomic mass is 16.5. The molecular weight excluding hydrogens is 202 g/mol. The van der Waals surface area contributed by atoms with Crippen molar-refractivity contribution in [2.75, 3.05) is 19.8 Å². The predicted molar refractivity (Wildman–Crippen MR) is 64.3 cm³/mol. The summed E-state index contributed by atoms with van der Waals surface area (Å²) in [6, 6.07) is 0.280. The van der Waals surface area contributed by atoms with E-state index in [1.165, 1.54) is 12.8 Å². The van der Waals surface area contributed by atoms with Gasteiger partial charge in [0.05, 0.1) is 18.8 Å². The number of nitrogens with one attached hydrogen (secondary N) is 1. The monoisotopic (exact) mass is 225 g/mol. The van der Waals surface area contributed by atoms with E-state index in [1.54, 1.807) is 0 Å². The molecule has 2 atom stereocenters. The van der Waals surface area contributed by atoms with E-state index in [9.17, 15) is 0 Å². The summed E-state index contributed by atoms with van der Waals surface area (Å²) in [5, 5.41) is 3.56. The van der Waals surface area contributed by atoms with Gasteiger partial charge in [-0.3, -0.25) is 0 Å². The molecule has 0 spiro atoms. The van der Waals surface area contributed by atoms with Crippen LogP contribution >= 0.6 is 0 Å². The van der Waals surface area contributed by atoms with Crippen molar-refractivity contribution in [3.05, 3.63) is 11.8 Å². The normalized spacial score (nSPS) is 27.3. The lowest BCUT2D eigenvalue weighted by Gasteiger charge is -2.31. The van der Waals surface area contributed by atoms with Crippen molar-refractivity contribution in [3.8, 4) is 0 Å². The Morgan fingerprint density at radius 2 is 2.38 bits per heavy atom. The second kappa shape index (κ2) is 6.26. The fraction of sp³-hybridized carbons (Fsp3) is 0.846. The Morgan fingerprint density at radius 1 is 1.44 bits per heavy atom. The first kappa shape index (κ1) is 11.9. The van der Waals surface area contributed by atoms with Crippen molar-refractivity contribution < 1.29 is 9.47 Å². The summed E-state index contributed by atoms with van der Waals surface area (Å²) in [6.07, 6.45) is 8.36. The van der Waals surface area contributed by atoms with Crippen LogP contribution in [0.4, 0.5) is 0 Å². The van der Waals surface area contributed by atoms with E-state index in [2.05, 4.69) is 18.3 Å². The Labute approximate surface area is 98.2 Å². The Balaban J connectivity index is 1.94. The van der Waals surface area contributed by atoms with Crippen molar-refractivity contribution in [3.63, 3.8) is 0 Å². The second-order valence-electron chi connectivity index (χ2n) is 4.58. The molecule has 0 aliphatic carbocycles. The molecular formula is C13H23NO2. The molecule has 0 aromatic heterocycles. The number of rotatable bonds is 5. The van der Waals surface area contributed by atoms with Gasteiger partial charge in [0, 0.05) is 13.0 Å². The van der Waals surface area contributed by atoms with Crippen LogP contribution in [0.1, 0.15) is 39.0 Å². The minimum atomic E-state index is 0.280. The molecule has 0 bridgehead atoms. The Kier molecular flexibility index (Phi) is 4.67. The third-order valence-electron chi connectivity index (χ3n) is 3.24. The molecule has 1 saturated heterocycles. The maximum absolute atomic E-state index is 5.87. The summed E-state index contributed by atoms with van der Waals surface area (Å²) in [7, 11) is 0. The molecule has 0 aromatic rings. The van der Waals surface area contributed by atoms with Gasteiger partial charge >= 0.3 is 0 Å². The zero-order chi connectivity index (χ0) is 11.2. The molecule has 2 unspecified atom stereocenters. The molecule has 1 fully saturated rings. The first-order valence-electron chi connectivity index (χ1n) is 6.59. The van der Waals surface area contributed by atoms with Crippen LogP contribution in [-0.2, 0) is 9.47 Å². The fourth-order valence-electron chi connectivity index (χ4n) is 2.40. The van der Waals surface area contributed by atoms with Gasteiger partial charge in [0.15, 0.2) is 0 Å². The van der Waals surface area contributed by atoms with E-state index in [0.717, 1.165) is 44.8 Å². The van der Waals surface area contributed by atoms with Gasteiger partial charge in [0.2, 0.25) is 0 Å². The van der Waals surface area contributed by atoms with Gasteiger partial charge in [-0.05, 0) is 38.3 Å². The van der Waals surface area contributed by atoms with E-state index in [1.807, 2.05) is 0 Å². The molecule has 2 heterocycles. The van der Waals surface area contributed by atoms with Crippen LogP contribution < -0.4 is 5.32 Å². The lowest BCUT2D eigenvalue weighted by molar-refractivity contribution is -0.0105. The summed E-state index contributed by atoms with van der Waals surface area (Å²) in [4.78, 5) is 0. The molecule has 16 heavy (non-hydrogen) atoms. The predicted octanol–water partition coefficient (Wildman–Crippen LogP) is 2.23. The zero-order valence-electron chi connectivity index (χ0n) is 10.2. The molecule has 2 aliphatic heterocycles. The molecule has 2 rings (SSSR count). The van der Waals surface area contributed by atoms with Crippen LogP contribution in [0.2, 0.25) is 0 Å². The fourth-order valence-corrected chi connectivity index (χ4v) is 2.40. The molecule has 92 valence electrons. The summed E-state index contributed by atoms with van der Waals surface area (Å²) < 4.78 is 11.6. The van der Waals surface area contributed by atoms with E-state index in [-0.39, 0.29) is 6.04 Å². The molecule has 1 N–H and O–H groups in total. The maximum atomic E-state index is 5.87. The van der Waals surface area contributed by atoms with E-state index in [4.69, 9.17) is 9.47 Å². The van der Waals surface area contributed by atoms with Crippen molar-refractivity contribution in [1.29, 1.82) is 0 Å².